The van der Waals surface area contributed by atoms with Crippen LogP contribution in [0.15, 0.2) is 72.8 Å². The fourth-order valence-corrected chi connectivity index (χ4v) is 5.81. The van der Waals surface area contributed by atoms with Crippen LogP contribution in [-0.4, -0.2) is 0 Å². The molecule has 0 unspecified atom stereocenters. The van der Waals surface area contributed by atoms with Crippen molar-refractivity contribution in [2.24, 2.45) is 0 Å². The minimum Gasteiger partial charge on any atom is -1.00 e. The van der Waals surface area contributed by atoms with Crippen LogP contribution in [-0.2, 0) is 24.7 Å². The second-order valence-corrected chi connectivity index (χ2v) is 9.43. The third kappa shape index (κ3) is 3.98. The molecule has 0 spiro atoms. The Morgan fingerprint density at radius 3 is 2.13 bits per heavy atom. The number of aryl methyl sites for hydroxylation is 1. The Kier molecular flexibility index (Phi) is 7.32. The van der Waals surface area contributed by atoms with Gasteiger partial charge in [-0.3, -0.25) is 0 Å². The number of hydrogen-bond donors (Lipinski definition) is 0. The molecule has 3 aromatic rings. The van der Waals surface area contributed by atoms with E-state index < -0.39 is 0 Å². The average molecular weight is 522 g/mol. The van der Waals surface area contributed by atoms with E-state index in [4.69, 9.17) is 0 Å². The van der Waals surface area contributed by atoms with E-state index >= 15 is 0 Å². The number of allylic oxidation sites excluding steroid dienone is 4. The van der Waals surface area contributed by atoms with E-state index in [2.05, 4.69) is 93.6 Å². The summed E-state index contributed by atoms with van der Waals surface area (Å²) in [6.07, 6.45) is 5.64. The number of fused-ring (bicyclic) bond motifs is 2. The molecule has 153 valence electrons. The van der Waals surface area contributed by atoms with Gasteiger partial charge in [-0.25, -0.2) is 0 Å². The Morgan fingerprint density at radius 2 is 1.45 bits per heavy atom. The molecular weight excluding hydrogens is 498 g/mol. The minimum absolute atomic E-state index is 0. The molecule has 2 aliphatic rings. The maximum atomic E-state index is 2.34. The molecule has 0 radical (unpaired) electrons. The molecule has 0 nitrogen and oxygen atoms in total. The van der Waals surface area contributed by atoms with Crippen LogP contribution in [0.5, 0.6) is 0 Å². The molecule has 5 rings (SSSR count). The van der Waals surface area contributed by atoms with E-state index in [1.807, 2.05) is 0 Å². The van der Waals surface area contributed by atoms with Gasteiger partial charge in [0.1, 0.15) is 0 Å². The molecule has 0 heterocycles. The summed E-state index contributed by atoms with van der Waals surface area (Å²) in [6, 6.07) is 22.5. The van der Waals surface area contributed by atoms with Crippen LogP contribution in [0, 0.1) is 17.4 Å². The summed E-state index contributed by atoms with van der Waals surface area (Å²) in [7, 11) is 0. The molecular formula is C28H23Cl2Zr. The Hall–Kier alpha value is -1.66. The standard InChI is InChI=1S/C28H23.2ClH.Zr/c1-18(2)22-15-16-25-24-8-5-4-7-21(24)17-27(25)28(22)26-10-6-9-23(26)20-13-11-19(3)12-14-20;;;/h4-9,11-16H,10H2,1-3H3;2*1H;/q;;;+2/p-2. The van der Waals surface area contributed by atoms with Crippen LogP contribution in [0.25, 0.3) is 20.0 Å². The van der Waals surface area contributed by atoms with E-state index in [0.29, 0.717) is 0 Å². The molecule has 3 aromatic carbocycles. The summed E-state index contributed by atoms with van der Waals surface area (Å²) in [4.78, 5) is 0. The van der Waals surface area contributed by atoms with Gasteiger partial charge < -0.3 is 24.8 Å². The van der Waals surface area contributed by atoms with Crippen molar-refractivity contribution in [2.45, 2.75) is 27.2 Å². The predicted molar refractivity (Wildman–Crippen MR) is 119 cm³/mol. The number of hydrogen-bond acceptors (Lipinski definition) is 0. The van der Waals surface area contributed by atoms with Gasteiger partial charge in [-0.15, -0.1) is 0 Å². The molecule has 2 aliphatic carbocycles. The molecule has 0 saturated carbocycles. The second-order valence-electron chi connectivity index (χ2n) is 8.20. The van der Waals surface area contributed by atoms with Crippen molar-refractivity contribution in [2.75, 3.05) is 0 Å². The van der Waals surface area contributed by atoms with Gasteiger partial charge in [-0.1, -0.05) is 0 Å². The van der Waals surface area contributed by atoms with Crippen molar-refractivity contribution in [1.29, 1.82) is 0 Å². The summed E-state index contributed by atoms with van der Waals surface area (Å²) in [5.74, 6) is 0. The third-order valence-electron chi connectivity index (χ3n) is 6.08. The Balaban J connectivity index is 0.00000136. The van der Waals surface area contributed by atoms with Crippen molar-refractivity contribution in [3.05, 3.63) is 116 Å². The van der Waals surface area contributed by atoms with Gasteiger partial charge in [-0.05, 0) is 0 Å². The van der Waals surface area contributed by atoms with Crippen molar-refractivity contribution < 1.29 is 49.5 Å². The fraction of sp³-hybridized carbons (Fsp3) is 0.143. The topological polar surface area (TPSA) is 0 Å². The minimum atomic E-state index is 0. The first-order valence-electron chi connectivity index (χ1n) is 10.2. The van der Waals surface area contributed by atoms with Crippen LogP contribution in [0.3, 0.4) is 0 Å². The quantitative estimate of drug-likeness (QED) is 0.422. The molecule has 0 amide bonds. The first kappa shape index (κ1) is 24.0. The maximum Gasteiger partial charge on any atom is -1.00 e. The summed E-state index contributed by atoms with van der Waals surface area (Å²) in [5, 5.41) is 5.59. The van der Waals surface area contributed by atoms with E-state index in [9.17, 15) is 0 Å². The van der Waals surface area contributed by atoms with E-state index in [1.54, 1.807) is 0 Å². The number of rotatable bonds is 2. The third-order valence-corrected chi connectivity index (χ3v) is 7.35. The molecule has 0 atom stereocenters. The summed E-state index contributed by atoms with van der Waals surface area (Å²) < 4.78 is 1.49. The number of halogens is 2. The first-order valence-corrected chi connectivity index (χ1v) is 11.4. The summed E-state index contributed by atoms with van der Waals surface area (Å²) in [6.45, 7) is 6.63. The van der Waals surface area contributed by atoms with Crippen LogP contribution >= 0.6 is 0 Å². The monoisotopic (exact) mass is 519 g/mol. The van der Waals surface area contributed by atoms with Crippen LogP contribution in [0.2, 0.25) is 0 Å². The van der Waals surface area contributed by atoms with Gasteiger partial charge in [0.05, 0.1) is 0 Å². The predicted octanol–water partition coefficient (Wildman–Crippen LogP) is -0.632. The molecule has 0 aliphatic heterocycles. The van der Waals surface area contributed by atoms with Crippen molar-refractivity contribution in [3.63, 3.8) is 0 Å². The van der Waals surface area contributed by atoms with Gasteiger partial charge in [0.25, 0.3) is 0 Å². The number of benzene rings is 3. The van der Waals surface area contributed by atoms with Crippen molar-refractivity contribution >= 4 is 20.0 Å². The smallest absolute Gasteiger partial charge is 1.00 e. The van der Waals surface area contributed by atoms with Gasteiger partial charge >= 0.3 is 188 Å². The van der Waals surface area contributed by atoms with E-state index in [1.165, 1.54) is 87.8 Å². The van der Waals surface area contributed by atoms with E-state index in [-0.39, 0.29) is 24.8 Å². The molecule has 31 heavy (non-hydrogen) atoms. The second kappa shape index (κ2) is 9.45. The Bertz CT molecular complexity index is 1440. The van der Waals surface area contributed by atoms with E-state index in [0.717, 1.165) is 6.42 Å². The normalized spacial score (nSPS) is 13.5. The largest absolute Gasteiger partial charge is 1.00 e. The Morgan fingerprint density at radius 1 is 0.774 bits per heavy atom. The molecule has 0 bridgehead atoms. The molecule has 0 saturated heterocycles. The summed E-state index contributed by atoms with van der Waals surface area (Å²) >= 11 is 1.48. The molecule has 0 fully saturated rings. The SMILES string of the molecule is CC(C)=c1ccc2c(c1C1=C(c3ccc(C)cc3)C=CC1)[C]([Zr+2])=c1ccccc1=2.[Cl-].[Cl-]. The van der Waals surface area contributed by atoms with Gasteiger partial charge in [0.15, 0.2) is 0 Å². The molecule has 0 N–H and O–H groups in total. The molecule has 0 aromatic heterocycles. The average Bonchev–Trinajstić information content (AvgIpc) is 3.32. The van der Waals surface area contributed by atoms with Gasteiger partial charge in [-0.2, -0.15) is 0 Å². The fourth-order valence-electron chi connectivity index (χ4n) is 4.63. The van der Waals surface area contributed by atoms with Crippen LogP contribution in [0.4, 0.5) is 0 Å². The first-order chi connectivity index (χ1) is 14.1. The zero-order valence-corrected chi connectivity index (χ0v) is 21.9. The van der Waals surface area contributed by atoms with Crippen molar-refractivity contribution in [1.82, 2.24) is 0 Å². The maximum absolute atomic E-state index is 2.34. The summed E-state index contributed by atoms with van der Waals surface area (Å²) in [5.41, 5.74) is 9.76. The molecule has 3 heteroatoms. The van der Waals surface area contributed by atoms with Crippen LogP contribution < -0.4 is 35.3 Å². The van der Waals surface area contributed by atoms with Crippen molar-refractivity contribution in [3.8, 4) is 0 Å². The van der Waals surface area contributed by atoms with Gasteiger partial charge in [0.2, 0.25) is 0 Å². The zero-order valence-electron chi connectivity index (χ0n) is 17.9. The van der Waals surface area contributed by atoms with Gasteiger partial charge in [0, 0.05) is 0 Å². The Labute approximate surface area is 211 Å². The zero-order chi connectivity index (χ0) is 20.1. The van der Waals surface area contributed by atoms with Crippen LogP contribution in [0.1, 0.15) is 42.5 Å².